The summed E-state index contributed by atoms with van der Waals surface area (Å²) in [5.74, 6) is -1.38. The zero-order valence-electron chi connectivity index (χ0n) is 15.1. The van der Waals surface area contributed by atoms with E-state index in [0.29, 0.717) is 17.1 Å². The maximum absolute atomic E-state index is 13.7. The van der Waals surface area contributed by atoms with Gasteiger partial charge >= 0.3 is 5.97 Å². The lowest BCUT2D eigenvalue weighted by Gasteiger charge is -2.11. The normalized spacial score (nSPS) is 10.2. The second-order valence-corrected chi connectivity index (χ2v) is 5.76. The molecular formula is C21H18FN3O3. The van der Waals surface area contributed by atoms with Crippen LogP contribution in [0, 0.1) is 5.82 Å². The highest BCUT2D eigenvalue weighted by molar-refractivity contribution is 6.07. The summed E-state index contributed by atoms with van der Waals surface area (Å²) in [6.45, 7) is 1.94. The van der Waals surface area contributed by atoms with Gasteiger partial charge in [-0.2, -0.15) is 0 Å². The molecule has 0 atom stereocenters. The minimum Gasteiger partial charge on any atom is -0.462 e. The summed E-state index contributed by atoms with van der Waals surface area (Å²) in [5, 5.41) is 5.56. The molecule has 0 aliphatic rings. The maximum atomic E-state index is 13.7. The minimum absolute atomic E-state index is 0.151. The van der Waals surface area contributed by atoms with E-state index >= 15 is 0 Å². The Morgan fingerprint density at radius 3 is 2.39 bits per heavy atom. The van der Waals surface area contributed by atoms with Gasteiger partial charge in [-0.15, -0.1) is 0 Å². The van der Waals surface area contributed by atoms with Crippen molar-refractivity contribution in [1.82, 2.24) is 4.98 Å². The van der Waals surface area contributed by atoms with Crippen molar-refractivity contribution in [1.29, 1.82) is 0 Å². The summed E-state index contributed by atoms with van der Waals surface area (Å²) < 4.78 is 18.7. The molecule has 6 nitrogen and oxygen atoms in total. The van der Waals surface area contributed by atoms with E-state index in [1.54, 1.807) is 55.5 Å². The highest BCUT2D eigenvalue weighted by Gasteiger charge is 2.15. The summed E-state index contributed by atoms with van der Waals surface area (Å²) >= 11 is 0. The molecule has 0 saturated heterocycles. The van der Waals surface area contributed by atoms with E-state index in [4.69, 9.17) is 4.74 Å². The Kier molecular flexibility index (Phi) is 5.96. The lowest BCUT2D eigenvalue weighted by atomic mass is 10.1. The lowest BCUT2D eigenvalue weighted by Crippen LogP contribution is -2.17. The van der Waals surface area contributed by atoms with E-state index < -0.39 is 11.9 Å². The molecule has 0 unspecified atom stereocenters. The standard InChI is InChI=1S/C21H18FN3O3/c1-2-28-21(27)15-7-3-5-9-17(15)25-20(26)19-12-11-14(13-23-19)24-18-10-6-4-8-16(18)22/h3-13,24H,2H2,1H3,(H,25,26). The number of amides is 1. The second-order valence-electron chi connectivity index (χ2n) is 5.76. The maximum Gasteiger partial charge on any atom is 0.340 e. The number of halogens is 1. The van der Waals surface area contributed by atoms with Crippen LogP contribution in [0.2, 0.25) is 0 Å². The number of hydrogen-bond acceptors (Lipinski definition) is 5. The van der Waals surface area contributed by atoms with Crippen molar-refractivity contribution in [2.45, 2.75) is 6.92 Å². The Morgan fingerprint density at radius 2 is 1.71 bits per heavy atom. The van der Waals surface area contributed by atoms with E-state index in [2.05, 4.69) is 15.6 Å². The molecule has 0 aliphatic carbocycles. The first kappa shape index (κ1) is 19.0. The Labute approximate surface area is 161 Å². The number of carbonyl (C=O) groups is 2. The Hall–Kier alpha value is -3.74. The number of esters is 1. The number of nitrogens with zero attached hydrogens (tertiary/aromatic N) is 1. The van der Waals surface area contributed by atoms with Crippen LogP contribution in [0.1, 0.15) is 27.8 Å². The topological polar surface area (TPSA) is 80.3 Å². The molecule has 3 rings (SSSR count). The van der Waals surface area contributed by atoms with Crippen LogP contribution in [0.25, 0.3) is 0 Å². The summed E-state index contributed by atoms with van der Waals surface area (Å²) in [6, 6.07) is 15.9. The van der Waals surface area contributed by atoms with Crippen LogP contribution in [-0.4, -0.2) is 23.5 Å². The van der Waals surface area contributed by atoms with Crippen LogP contribution in [0.4, 0.5) is 21.5 Å². The lowest BCUT2D eigenvalue weighted by molar-refractivity contribution is 0.0527. The molecule has 1 aromatic heterocycles. The van der Waals surface area contributed by atoms with Crippen LogP contribution in [0.5, 0.6) is 0 Å². The number of para-hydroxylation sites is 2. The van der Waals surface area contributed by atoms with Crippen LogP contribution < -0.4 is 10.6 Å². The molecule has 0 bridgehead atoms. The van der Waals surface area contributed by atoms with E-state index in [0.717, 1.165) is 0 Å². The average Bonchev–Trinajstić information content (AvgIpc) is 2.71. The number of rotatable bonds is 6. The number of hydrogen-bond donors (Lipinski definition) is 2. The molecule has 0 fully saturated rings. The molecule has 28 heavy (non-hydrogen) atoms. The van der Waals surface area contributed by atoms with Gasteiger partial charge in [0.05, 0.1) is 35.4 Å². The number of nitrogens with one attached hydrogen (secondary N) is 2. The summed E-state index contributed by atoms with van der Waals surface area (Å²) in [7, 11) is 0. The van der Waals surface area contributed by atoms with E-state index in [1.165, 1.54) is 18.3 Å². The second kappa shape index (κ2) is 8.77. The quantitative estimate of drug-likeness (QED) is 0.621. The molecule has 1 amide bonds. The number of anilines is 3. The Bertz CT molecular complexity index is 990. The van der Waals surface area contributed by atoms with Gasteiger partial charge in [0, 0.05) is 0 Å². The van der Waals surface area contributed by atoms with Gasteiger partial charge in [0.25, 0.3) is 5.91 Å². The van der Waals surface area contributed by atoms with Gasteiger partial charge in [0.1, 0.15) is 11.5 Å². The molecule has 2 N–H and O–H groups in total. The monoisotopic (exact) mass is 379 g/mol. The average molecular weight is 379 g/mol. The Balaban J connectivity index is 1.72. The fourth-order valence-corrected chi connectivity index (χ4v) is 2.49. The first-order chi connectivity index (χ1) is 13.6. The van der Waals surface area contributed by atoms with Crippen LogP contribution in [-0.2, 0) is 4.74 Å². The van der Waals surface area contributed by atoms with Gasteiger partial charge in [-0.25, -0.2) is 14.2 Å². The van der Waals surface area contributed by atoms with Crippen molar-refractivity contribution >= 4 is 28.9 Å². The van der Waals surface area contributed by atoms with Crippen molar-refractivity contribution < 1.29 is 18.7 Å². The number of aromatic nitrogens is 1. The SMILES string of the molecule is CCOC(=O)c1ccccc1NC(=O)c1ccc(Nc2ccccc2F)cn1. The van der Waals surface area contributed by atoms with Crippen molar-refractivity contribution in [3.05, 3.63) is 83.9 Å². The van der Waals surface area contributed by atoms with Crippen molar-refractivity contribution in [2.24, 2.45) is 0 Å². The largest absolute Gasteiger partial charge is 0.462 e. The van der Waals surface area contributed by atoms with Crippen LogP contribution in [0.3, 0.4) is 0 Å². The molecule has 0 spiro atoms. The van der Waals surface area contributed by atoms with E-state index in [9.17, 15) is 14.0 Å². The molecule has 1 heterocycles. The third-order valence-corrected chi connectivity index (χ3v) is 3.82. The minimum atomic E-state index is -0.518. The zero-order valence-corrected chi connectivity index (χ0v) is 15.1. The predicted octanol–water partition coefficient (Wildman–Crippen LogP) is 4.39. The Morgan fingerprint density at radius 1 is 1.00 bits per heavy atom. The fraction of sp³-hybridized carbons (Fsp3) is 0.0952. The smallest absolute Gasteiger partial charge is 0.340 e. The number of pyridine rings is 1. The summed E-state index contributed by atoms with van der Waals surface area (Å²) in [6.07, 6.45) is 1.43. The van der Waals surface area contributed by atoms with Gasteiger partial charge < -0.3 is 15.4 Å². The fourth-order valence-electron chi connectivity index (χ4n) is 2.49. The van der Waals surface area contributed by atoms with E-state index in [-0.39, 0.29) is 23.7 Å². The van der Waals surface area contributed by atoms with Crippen molar-refractivity contribution in [2.75, 3.05) is 17.2 Å². The molecular weight excluding hydrogens is 361 g/mol. The molecule has 142 valence electrons. The van der Waals surface area contributed by atoms with Gasteiger partial charge in [-0.1, -0.05) is 24.3 Å². The van der Waals surface area contributed by atoms with Crippen molar-refractivity contribution in [3.8, 4) is 0 Å². The van der Waals surface area contributed by atoms with Gasteiger partial charge in [-0.05, 0) is 43.3 Å². The van der Waals surface area contributed by atoms with Gasteiger partial charge in [0.15, 0.2) is 0 Å². The van der Waals surface area contributed by atoms with Crippen LogP contribution in [0.15, 0.2) is 66.9 Å². The third-order valence-electron chi connectivity index (χ3n) is 3.82. The number of carbonyl (C=O) groups excluding carboxylic acids is 2. The first-order valence-corrected chi connectivity index (χ1v) is 8.63. The first-order valence-electron chi connectivity index (χ1n) is 8.63. The molecule has 2 aromatic carbocycles. The summed E-state index contributed by atoms with van der Waals surface area (Å²) in [4.78, 5) is 28.6. The highest BCUT2D eigenvalue weighted by atomic mass is 19.1. The molecule has 0 aliphatic heterocycles. The highest BCUT2D eigenvalue weighted by Crippen LogP contribution is 2.20. The third kappa shape index (κ3) is 4.50. The zero-order chi connectivity index (χ0) is 19.9. The molecule has 7 heteroatoms. The van der Waals surface area contributed by atoms with Gasteiger partial charge in [-0.3, -0.25) is 4.79 Å². The number of benzene rings is 2. The predicted molar refractivity (Wildman–Crippen MR) is 104 cm³/mol. The van der Waals surface area contributed by atoms with E-state index in [1.807, 2.05) is 0 Å². The molecule has 0 saturated carbocycles. The van der Waals surface area contributed by atoms with Crippen LogP contribution >= 0.6 is 0 Å². The molecule has 0 radical (unpaired) electrons. The van der Waals surface area contributed by atoms with Gasteiger partial charge in [0.2, 0.25) is 0 Å². The number of ether oxygens (including phenoxy) is 1. The van der Waals surface area contributed by atoms with Crippen molar-refractivity contribution in [3.63, 3.8) is 0 Å². The molecule has 3 aromatic rings. The summed E-state index contributed by atoms with van der Waals surface area (Å²) in [5.41, 5.74) is 1.59.